The van der Waals surface area contributed by atoms with Gasteiger partial charge in [-0.05, 0) is 12.1 Å². The second-order valence-corrected chi connectivity index (χ2v) is 2.20. The molecule has 0 atom stereocenters. The summed E-state index contributed by atoms with van der Waals surface area (Å²) < 4.78 is 17.2. The van der Waals surface area contributed by atoms with Gasteiger partial charge in [-0.2, -0.15) is 9.37 Å². The molecule has 0 aromatic carbocycles. The fraction of sp³-hybridized carbons (Fsp3) is 0.286. The van der Waals surface area contributed by atoms with E-state index >= 15 is 0 Å². The second-order valence-electron chi connectivity index (χ2n) is 1.94. The lowest BCUT2D eigenvalue weighted by Gasteiger charge is -2.02. The molecule has 0 unspecified atom stereocenters. The van der Waals surface area contributed by atoms with Crippen molar-refractivity contribution in [1.29, 1.82) is 0 Å². The van der Waals surface area contributed by atoms with Gasteiger partial charge in [0.25, 0.3) is 0 Å². The van der Waals surface area contributed by atoms with Gasteiger partial charge >= 0.3 is 0 Å². The average molecular weight is 176 g/mol. The Morgan fingerprint density at radius 1 is 1.64 bits per heavy atom. The van der Waals surface area contributed by atoms with Gasteiger partial charge in [0.2, 0.25) is 11.8 Å². The lowest BCUT2D eigenvalue weighted by Crippen LogP contribution is -1.94. The molecule has 60 valence electrons. The number of hydrogen-bond acceptors (Lipinski definition) is 2. The number of methoxy groups -OCH3 is 1. The molecule has 0 spiro atoms. The molecule has 0 fully saturated rings. The smallest absolute Gasteiger partial charge is 0.220 e. The molecular formula is C7H7ClFNO. The van der Waals surface area contributed by atoms with Crippen molar-refractivity contribution in [2.45, 2.75) is 5.88 Å². The summed E-state index contributed by atoms with van der Waals surface area (Å²) >= 11 is 5.52. The summed E-state index contributed by atoms with van der Waals surface area (Å²) in [6.07, 6.45) is 0. The van der Waals surface area contributed by atoms with Gasteiger partial charge in [-0.1, -0.05) is 0 Å². The second kappa shape index (κ2) is 3.53. The number of halogens is 2. The van der Waals surface area contributed by atoms with Crippen LogP contribution in [0.2, 0.25) is 0 Å². The number of alkyl halides is 1. The Kier molecular flexibility index (Phi) is 2.65. The maximum atomic E-state index is 12.4. The molecule has 1 rings (SSSR count). The van der Waals surface area contributed by atoms with Crippen LogP contribution in [-0.4, -0.2) is 12.1 Å². The predicted octanol–water partition coefficient (Wildman–Crippen LogP) is 1.97. The quantitative estimate of drug-likeness (QED) is 0.507. The zero-order valence-electron chi connectivity index (χ0n) is 5.97. The van der Waals surface area contributed by atoms with E-state index in [1.807, 2.05) is 0 Å². The first kappa shape index (κ1) is 8.27. The molecule has 1 aromatic heterocycles. The van der Waals surface area contributed by atoms with Crippen molar-refractivity contribution >= 4 is 11.6 Å². The molecule has 4 heteroatoms. The van der Waals surface area contributed by atoms with E-state index in [9.17, 15) is 4.39 Å². The van der Waals surface area contributed by atoms with Crippen LogP contribution < -0.4 is 4.74 Å². The van der Waals surface area contributed by atoms with Crippen LogP contribution in [0.25, 0.3) is 0 Å². The van der Waals surface area contributed by atoms with Gasteiger partial charge in [0, 0.05) is 5.56 Å². The van der Waals surface area contributed by atoms with E-state index in [0.717, 1.165) is 0 Å². The number of pyridine rings is 1. The molecule has 0 saturated carbocycles. The van der Waals surface area contributed by atoms with E-state index in [2.05, 4.69) is 4.98 Å². The van der Waals surface area contributed by atoms with Crippen molar-refractivity contribution in [2.75, 3.05) is 7.11 Å². The first-order valence-electron chi connectivity index (χ1n) is 3.03. The summed E-state index contributed by atoms with van der Waals surface area (Å²) in [6.45, 7) is 0. The first-order chi connectivity index (χ1) is 5.27. The van der Waals surface area contributed by atoms with Gasteiger partial charge in [0.05, 0.1) is 13.0 Å². The summed E-state index contributed by atoms with van der Waals surface area (Å²) in [7, 11) is 1.43. The number of nitrogens with zero attached hydrogens (tertiary/aromatic N) is 1. The lowest BCUT2D eigenvalue weighted by molar-refractivity contribution is 0.383. The van der Waals surface area contributed by atoms with Crippen LogP contribution in [0.5, 0.6) is 5.88 Å². The molecular weight excluding hydrogens is 169 g/mol. The normalized spacial score (nSPS) is 9.73. The summed E-state index contributed by atoms with van der Waals surface area (Å²) in [5.41, 5.74) is 0.690. The minimum absolute atomic E-state index is 0.250. The standard InChI is InChI=1S/C7H7ClFNO/c1-11-7-5(4-8)2-3-6(9)10-7/h2-3H,4H2,1H3. The fourth-order valence-corrected chi connectivity index (χ4v) is 0.929. The molecule has 0 saturated heterocycles. The van der Waals surface area contributed by atoms with Crippen LogP contribution in [-0.2, 0) is 5.88 Å². The van der Waals surface area contributed by atoms with E-state index in [0.29, 0.717) is 5.56 Å². The third-order valence-electron chi connectivity index (χ3n) is 1.24. The molecule has 1 heterocycles. The Bertz CT molecular complexity index is 254. The van der Waals surface area contributed by atoms with Crippen molar-refractivity contribution in [3.05, 3.63) is 23.6 Å². The fourth-order valence-electron chi connectivity index (χ4n) is 0.725. The van der Waals surface area contributed by atoms with Gasteiger partial charge in [0.15, 0.2) is 0 Å². The summed E-state index contributed by atoms with van der Waals surface area (Å²) in [4.78, 5) is 3.49. The highest BCUT2D eigenvalue weighted by atomic mass is 35.5. The van der Waals surface area contributed by atoms with Crippen molar-refractivity contribution in [2.24, 2.45) is 0 Å². The highest BCUT2D eigenvalue weighted by Gasteiger charge is 2.03. The van der Waals surface area contributed by atoms with Crippen LogP contribution >= 0.6 is 11.6 Å². The van der Waals surface area contributed by atoms with Crippen LogP contribution in [0.4, 0.5) is 4.39 Å². The maximum Gasteiger partial charge on any atom is 0.220 e. The molecule has 11 heavy (non-hydrogen) atoms. The van der Waals surface area contributed by atoms with Crippen molar-refractivity contribution in [3.8, 4) is 5.88 Å². The van der Waals surface area contributed by atoms with Crippen LogP contribution in [0.1, 0.15) is 5.56 Å². The van der Waals surface area contributed by atoms with Crippen LogP contribution in [0.15, 0.2) is 12.1 Å². The van der Waals surface area contributed by atoms with Crippen molar-refractivity contribution in [3.63, 3.8) is 0 Å². The van der Waals surface area contributed by atoms with Gasteiger partial charge in [-0.25, -0.2) is 0 Å². The summed E-state index contributed by atoms with van der Waals surface area (Å²) in [6, 6.07) is 2.80. The molecule has 0 amide bonds. The predicted molar refractivity (Wildman–Crippen MR) is 40.3 cm³/mol. The monoisotopic (exact) mass is 175 g/mol. The zero-order chi connectivity index (χ0) is 8.27. The van der Waals surface area contributed by atoms with Crippen molar-refractivity contribution in [1.82, 2.24) is 4.98 Å². The number of ether oxygens (including phenoxy) is 1. The minimum Gasteiger partial charge on any atom is -0.481 e. The largest absolute Gasteiger partial charge is 0.481 e. The van der Waals surface area contributed by atoms with E-state index < -0.39 is 5.95 Å². The molecule has 0 aliphatic heterocycles. The Morgan fingerprint density at radius 2 is 2.36 bits per heavy atom. The lowest BCUT2D eigenvalue weighted by atomic mass is 10.3. The van der Waals surface area contributed by atoms with Gasteiger partial charge in [0.1, 0.15) is 0 Å². The first-order valence-corrected chi connectivity index (χ1v) is 3.56. The highest BCUT2D eigenvalue weighted by Crippen LogP contribution is 2.16. The molecule has 0 aliphatic carbocycles. The summed E-state index contributed by atoms with van der Waals surface area (Å²) in [5, 5.41) is 0. The molecule has 0 N–H and O–H groups in total. The van der Waals surface area contributed by atoms with Gasteiger partial charge in [-0.15, -0.1) is 11.6 Å². The third-order valence-corrected chi connectivity index (χ3v) is 1.53. The Hall–Kier alpha value is -0.830. The zero-order valence-corrected chi connectivity index (χ0v) is 6.73. The van der Waals surface area contributed by atoms with E-state index in [-0.39, 0.29) is 11.8 Å². The minimum atomic E-state index is -0.560. The Morgan fingerprint density at radius 3 is 2.91 bits per heavy atom. The van der Waals surface area contributed by atoms with Gasteiger partial charge < -0.3 is 4.74 Å². The van der Waals surface area contributed by atoms with E-state index in [4.69, 9.17) is 16.3 Å². The number of aromatic nitrogens is 1. The molecule has 0 aliphatic rings. The third kappa shape index (κ3) is 1.80. The van der Waals surface area contributed by atoms with Gasteiger partial charge in [-0.3, -0.25) is 0 Å². The van der Waals surface area contributed by atoms with Crippen LogP contribution in [0.3, 0.4) is 0 Å². The number of rotatable bonds is 2. The Labute approximate surface area is 69.0 Å². The summed E-state index contributed by atoms with van der Waals surface area (Å²) in [5.74, 6) is -0.0353. The molecule has 1 aromatic rings. The number of hydrogen-bond donors (Lipinski definition) is 0. The molecule has 2 nitrogen and oxygen atoms in total. The maximum absolute atomic E-state index is 12.4. The Balaban J connectivity index is 3.06. The average Bonchev–Trinajstić information content (AvgIpc) is 2.04. The molecule has 0 bridgehead atoms. The topological polar surface area (TPSA) is 22.1 Å². The van der Waals surface area contributed by atoms with Crippen LogP contribution in [0, 0.1) is 5.95 Å². The van der Waals surface area contributed by atoms with E-state index in [1.165, 1.54) is 13.2 Å². The van der Waals surface area contributed by atoms with E-state index in [1.54, 1.807) is 6.07 Å². The SMILES string of the molecule is COc1nc(F)ccc1CCl. The highest BCUT2D eigenvalue weighted by molar-refractivity contribution is 6.17. The van der Waals surface area contributed by atoms with Crippen molar-refractivity contribution < 1.29 is 9.13 Å². The molecule has 0 radical (unpaired) electrons.